The van der Waals surface area contributed by atoms with Crippen molar-refractivity contribution in [1.29, 1.82) is 0 Å². The first-order valence-electron chi connectivity index (χ1n) is 7.42. The van der Waals surface area contributed by atoms with Gasteiger partial charge in [-0.05, 0) is 45.4 Å². The Labute approximate surface area is 120 Å². The SMILES string of the molecule is CCC1CC[C@H]2[C@H](C(=O)O)[C@@]12CNC(=O)OC(C)(C)C. The second kappa shape index (κ2) is 4.93. The molecule has 0 aromatic heterocycles. The number of fused-ring (bicyclic) bond motifs is 1. The Balaban J connectivity index is 1.99. The summed E-state index contributed by atoms with van der Waals surface area (Å²) in [5, 5.41) is 12.1. The maximum absolute atomic E-state index is 11.8. The van der Waals surface area contributed by atoms with Gasteiger partial charge in [0.1, 0.15) is 5.60 Å². The smallest absolute Gasteiger partial charge is 0.407 e. The van der Waals surface area contributed by atoms with E-state index in [0.717, 1.165) is 19.3 Å². The number of nitrogens with one attached hydrogen (secondary N) is 1. The highest BCUT2D eigenvalue weighted by atomic mass is 16.6. The topological polar surface area (TPSA) is 75.6 Å². The summed E-state index contributed by atoms with van der Waals surface area (Å²) >= 11 is 0. The molecule has 2 aliphatic rings. The maximum atomic E-state index is 11.8. The number of hydrogen-bond acceptors (Lipinski definition) is 3. The summed E-state index contributed by atoms with van der Waals surface area (Å²) in [7, 11) is 0. The van der Waals surface area contributed by atoms with Gasteiger partial charge in [0.05, 0.1) is 5.92 Å². The van der Waals surface area contributed by atoms with Gasteiger partial charge < -0.3 is 15.2 Å². The number of carboxylic acids is 1. The highest BCUT2D eigenvalue weighted by Crippen LogP contribution is 2.71. The molecule has 114 valence electrons. The molecule has 0 spiro atoms. The fraction of sp³-hybridized carbons (Fsp3) is 0.867. The molecule has 1 amide bonds. The summed E-state index contributed by atoms with van der Waals surface area (Å²) in [4.78, 5) is 23.1. The second-order valence-corrected chi connectivity index (χ2v) is 7.07. The van der Waals surface area contributed by atoms with Crippen LogP contribution in [0.3, 0.4) is 0 Å². The monoisotopic (exact) mass is 283 g/mol. The highest BCUT2D eigenvalue weighted by molar-refractivity contribution is 5.77. The Morgan fingerprint density at radius 1 is 1.35 bits per heavy atom. The summed E-state index contributed by atoms with van der Waals surface area (Å²) in [5.41, 5.74) is -0.770. The van der Waals surface area contributed by atoms with Crippen molar-refractivity contribution in [2.75, 3.05) is 6.54 Å². The van der Waals surface area contributed by atoms with Crippen LogP contribution in [0.2, 0.25) is 0 Å². The van der Waals surface area contributed by atoms with Crippen molar-refractivity contribution in [3.8, 4) is 0 Å². The minimum atomic E-state index is -0.723. The number of carbonyl (C=O) groups is 2. The number of hydrogen-bond donors (Lipinski definition) is 2. The first kappa shape index (κ1) is 15.1. The number of amides is 1. The zero-order chi connectivity index (χ0) is 15.1. The fourth-order valence-corrected chi connectivity index (χ4v) is 4.09. The number of carbonyl (C=O) groups excluding carboxylic acids is 1. The van der Waals surface area contributed by atoms with Crippen LogP contribution < -0.4 is 5.32 Å². The lowest BCUT2D eigenvalue weighted by atomic mass is 9.85. The van der Waals surface area contributed by atoms with Crippen LogP contribution in [0.15, 0.2) is 0 Å². The molecule has 2 saturated carbocycles. The molecule has 2 N–H and O–H groups in total. The van der Waals surface area contributed by atoms with Gasteiger partial charge in [-0.3, -0.25) is 4.79 Å². The van der Waals surface area contributed by atoms with Crippen LogP contribution in [0.5, 0.6) is 0 Å². The molecule has 2 aliphatic carbocycles. The number of alkyl carbamates (subject to hydrolysis) is 1. The van der Waals surface area contributed by atoms with Crippen molar-refractivity contribution in [2.45, 2.75) is 52.6 Å². The van der Waals surface area contributed by atoms with Gasteiger partial charge in [-0.2, -0.15) is 0 Å². The molecule has 2 rings (SSSR count). The largest absolute Gasteiger partial charge is 0.481 e. The van der Waals surface area contributed by atoms with E-state index in [-0.39, 0.29) is 17.3 Å². The van der Waals surface area contributed by atoms with Gasteiger partial charge in [0.15, 0.2) is 0 Å². The molecule has 1 unspecified atom stereocenters. The summed E-state index contributed by atoms with van der Waals surface area (Å²) in [6.45, 7) is 7.96. The molecular formula is C15H25NO4. The molecule has 20 heavy (non-hydrogen) atoms. The van der Waals surface area contributed by atoms with E-state index in [2.05, 4.69) is 12.2 Å². The van der Waals surface area contributed by atoms with E-state index in [9.17, 15) is 14.7 Å². The van der Waals surface area contributed by atoms with Crippen molar-refractivity contribution < 1.29 is 19.4 Å². The molecule has 0 radical (unpaired) electrons. The molecule has 0 aliphatic heterocycles. The van der Waals surface area contributed by atoms with Gasteiger partial charge in [-0.25, -0.2) is 4.79 Å². The molecule has 4 atom stereocenters. The summed E-state index contributed by atoms with van der Waals surface area (Å²) < 4.78 is 5.23. The number of ether oxygens (including phenoxy) is 1. The number of rotatable bonds is 4. The van der Waals surface area contributed by atoms with Crippen LogP contribution in [0, 0.1) is 23.2 Å². The average molecular weight is 283 g/mol. The van der Waals surface area contributed by atoms with Gasteiger partial charge in [0.2, 0.25) is 0 Å². The van der Waals surface area contributed by atoms with Crippen LogP contribution in [0.25, 0.3) is 0 Å². The third-order valence-electron chi connectivity index (χ3n) is 4.85. The van der Waals surface area contributed by atoms with Crippen molar-refractivity contribution in [3.05, 3.63) is 0 Å². The summed E-state index contributed by atoms with van der Waals surface area (Å²) in [5.74, 6) is -0.404. The highest BCUT2D eigenvalue weighted by Gasteiger charge is 2.73. The Bertz CT molecular complexity index is 415. The molecule has 5 nitrogen and oxygen atoms in total. The standard InChI is InChI=1S/C15H25NO4/c1-5-9-6-7-10-11(12(17)18)15(9,10)8-16-13(19)20-14(2,3)4/h9-11H,5-8H2,1-4H3,(H,16,19)(H,17,18)/t9?,10-,11+,15-/m0/s1. The molecular weight excluding hydrogens is 258 g/mol. The molecule has 0 bridgehead atoms. The van der Waals surface area contributed by atoms with Crippen LogP contribution in [0.4, 0.5) is 4.79 Å². The molecule has 5 heteroatoms. The minimum absolute atomic E-state index is 0.222. The van der Waals surface area contributed by atoms with Gasteiger partial charge >= 0.3 is 12.1 Å². The van der Waals surface area contributed by atoms with Gasteiger partial charge in [-0.1, -0.05) is 13.3 Å². The Morgan fingerprint density at radius 2 is 2.00 bits per heavy atom. The van der Waals surface area contributed by atoms with E-state index in [1.165, 1.54) is 0 Å². The van der Waals surface area contributed by atoms with Crippen LogP contribution in [0.1, 0.15) is 47.0 Å². The Hall–Kier alpha value is -1.26. The molecule has 2 fully saturated rings. The van der Waals surface area contributed by atoms with Crippen molar-refractivity contribution in [1.82, 2.24) is 5.32 Å². The predicted molar refractivity (Wildman–Crippen MR) is 74.3 cm³/mol. The number of carboxylic acid groups (broad SMARTS) is 1. The van der Waals surface area contributed by atoms with Crippen molar-refractivity contribution >= 4 is 12.1 Å². The van der Waals surface area contributed by atoms with Crippen LogP contribution >= 0.6 is 0 Å². The molecule has 0 saturated heterocycles. The van der Waals surface area contributed by atoms with E-state index >= 15 is 0 Å². The van der Waals surface area contributed by atoms with E-state index in [0.29, 0.717) is 12.5 Å². The molecule has 0 heterocycles. The van der Waals surface area contributed by atoms with E-state index < -0.39 is 17.7 Å². The maximum Gasteiger partial charge on any atom is 0.407 e. The lowest BCUT2D eigenvalue weighted by molar-refractivity contribution is -0.140. The predicted octanol–water partition coefficient (Wildman–Crippen LogP) is 2.65. The Kier molecular flexibility index (Phi) is 3.73. The number of aliphatic carboxylic acids is 1. The second-order valence-electron chi connectivity index (χ2n) is 7.07. The van der Waals surface area contributed by atoms with E-state index in [4.69, 9.17) is 4.74 Å². The first-order valence-corrected chi connectivity index (χ1v) is 7.42. The van der Waals surface area contributed by atoms with Crippen LogP contribution in [-0.2, 0) is 9.53 Å². The normalized spacial score (nSPS) is 35.3. The first-order chi connectivity index (χ1) is 9.22. The van der Waals surface area contributed by atoms with E-state index in [1.807, 2.05) is 20.8 Å². The third kappa shape index (κ3) is 2.50. The quantitative estimate of drug-likeness (QED) is 0.831. The lowest BCUT2D eigenvalue weighted by Crippen LogP contribution is -2.38. The van der Waals surface area contributed by atoms with Crippen molar-refractivity contribution in [2.24, 2.45) is 23.2 Å². The Morgan fingerprint density at radius 3 is 2.45 bits per heavy atom. The summed E-state index contributed by atoms with van der Waals surface area (Å²) in [6, 6.07) is 0. The fourth-order valence-electron chi connectivity index (χ4n) is 4.09. The third-order valence-corrected chi connectivity index (χ3v) is 4.85. The van der Waals surface area contributed by atoms with Crippen LogP contribution in [-0.4, -0.2) is 29.3 Å². The van der Waals surface area contributed by atoms with E-state index in [1.54, 1.807) is 0 Å². The van der Waals surface area contributed by atoms with Gasteiger partial charge in [0, 0.05) is 12.0 Å². The van der Waals surface area contributed by atoms with Gasteiger partial charge in [-0.15, -0.1) is 0 Å². The van der Waals surface area contributed by atoms with Gasteiger partial charge in [0.25, 0.3) is 0 Å². The zero-order valence-electron chi connectivity index (χ0n) is 12.7. The molecule has 0 aromatic carbocycles. The lowest BCUT2D eigenvalue weighted by Gasteiger charge is -2.25. The summed E-state index contributed by atoms with van der Waals surface area (Å²) in [6.07, 6.45) is 2.55. The average Bonchev–Trinajstić information content (AvgIpc) is 2.82. The zero-order valence-corrected chi connectivity index (χ0v) is 12.7. The molecule has 0 aromatic rings. The minimum Gasteiger partial charge on any atom is -0.481 e. The van der Waals surface area contributed by atoms with Crippen molar-refractivity contribution in [3.63, 3.8) is 0 Å².